The number of hydrogen-bond donors (Lipinski definition) is 0. The summed E-state index contributed by atoms with van der Waals surface area (Å²) < 4.78 is 11.5. The molecule has 0 atom stereocenters. The number of ketones is 2. The second-order valence-electron chi connectivity index (χ2n) is 7.05. The van der Waals surface area contributed by atoms with Crippen molar-refractivity contribution in [3.8, 4) is 11.5 Å². The van der Waals surface area contributed by atoms with E-state index in [1.807, 2.05) is 30.3 Å². The van der Waals surface area contributed by atoms with E-state index in [0.29, 0.717) is 35.5 Å². The Morgan fingerprint density at radius 3 is 1.93 bits per heavy atom. The fourth-order valence-corrected chi connectivity index (χ4v) is 3.37. The molecule has 1 aliphatic carbocycles. The summed E-state index contributed by atoms with van der Waals surface area (Å²) in [6, 6.07) is 19.8. The number of fused-ring (bicyclic) bond motifs is 2. The third-order valence-electron chi connectivity index (χ3n) is 4.99. The number of unbranched alkanes of at least 4 members (excludes halogenated alkanes) is 1. The molecular formula is C25H22O4. The Kier molecular flexibility index (Phi) is 5.43. The van der Waals surface area contributed by atoms with Crippen molar-refractivity contribution in [2.45, 2.75) is 26.4 Å². The van der Waals surface area contributed by atoms with Gasteiger partial charge < -0.3 is 9.47 Å². The summed E-state index contributed by atoms with van der Waals surface area (Å²) in [5, 5.41) is 0. The van der Waals surface area contributed by atoms with Crippen molar-refractivity contribution < 1.29 is 19.1 Å². The standard InChI is InChI=1S/C25H22O4/c1-2-3-14-28-18-9-11-19(12-10-18)29-16-17-8-13-22-23(15-17)25(27)21-7-5-4-6-20(21)24(22)26/h4-13,15H,2-3,14,16H2,1H3. The Balaban J connectivity index is 1.46. The summed E-state index contributed by atoms with van der Waals surface area (Å²) in [6.07, 6.45) is 2.13. The maximum absolute atomic E-state index is 12.8. The van der Waals surface area contributed by atoms with E-state index >= 15 is 0 Å². The first-order valence-corrected chi connectivity index (χ1v) is 9.84. The molecule has 4 heteroatoms. The number of carbonyl (C=O) groups excluding carboxylic acids is 2. The summed E-state index contributed by atoms with van der Waals surface area (Å²) in [5.41, 5.74) is 2.66. The first kappa shape index (κ1) is 18.9. The zero-order valence-electron chi connectivity index (χ0n) is 16.3. The molecule has 0 saturated carbocycles. The summed E-state index contributed by atoms with van der Waals surface area (Å²) in [4.78, 5) is 25.5. The Labute approximate surface area is 170 Å². The van der Waals surface area contributed by atoms with Crippen LogP contribution in [0, 0.1) is 0 Å². The van der Waals surface area contributed by atoms with Crippen LogP contribution in [0.1, 0.15) is 57.2 Å². The Morgan fingerprint density at radius 2 is 1.28 bits per heavy atom. The highest BCUT2D eigenvalue weighted by atomic mass is 16.5. The lowest BCUT2D eigenvalue weighted by Crippen LogP contribution is -2.21. The molecule has 4 rings (SSSR count). The van der Waals surface area contributed by atoms with Gasteiger partial charge in [0.1, 0.15) is 18.1 Å². The fourth-order valence-electron chi connectivity index (χ4n) is 3.37. The Morgan fingerprint density at radius 1 is 0.690 bits per heavy atom. The van der Waals surface area contributed by atoms with Crippen LogP contribution in [-0.4, -0.2) is 18.2 Å². The van der Waals surface area contributed by atoms with Crippen molar-refractivity contribution >= 4 is 11.6 Å². The lowest BCUT2D eigenvalue weighted by molar-refractivity contribution is 0.0979. The van der Waals surface area contributed by atoms with E-state index in [-0.39, 0.29) is 11.6 Å². The van der Waals surface area contributed by atoms with E-state index in [1.54, 1.807) is 36.4 Å². The van der Waals surface area contributed by atoms with Crippen LogP contribution in [0.3, 0.4) is 0 Å². The average molecular weight is 386 g/mol. The van der Waals surface area contributed by atoms with Gasteiger partial charge in [-0.05, 0) is 48.4 Å². The van der Waals surface area contributed by atoms with Gasteiger partial charge in [0.15, 0.2) is 11.6 Å². The van der Waals surface area contributed by atoms with Gasteiger partial charge in [0.2, 0.25) is 0 Å². The van der Waals surface area contributed by atoms with Crippen molar-refractivity contribution in [1.82, 2.24) is 0 Å². The van der Waals surface area contributed by atoms with E-state index in [2.05, 4.69) is 6.92 Å². The highest BCUT2D eigenvalue weighted by molar-refractivity contribution is 6.28. The zero-order valence-corrected chi connectivity index (χ0v) is 16.3. The molecule has 29 heavy (non-hydrogen) atoms. The molecule has 0 unspecified atom stereocenters. The zero-order chi connectivity index (χ0) is 20.2. The lowest BCUT2D eigenvalue weighted by atomic mass is 9.83. The molecule has 0 spiro atoms. The minimum absolute atomic E-state index is 0.110. The van der Waals surface area contributed by atoms with Crippen LogP contribution in [0.2, 0.25) is 0 Å². The van der Waals surface area contributed by atoms with Crippen LogP contribution in [0.25, 0.3) is 0 Å². The molecule has 0 saturated heterocycles. The van der Waals surface area contributed by atoms with Crippen molar-refractivity contribution in [3.63, 3.8) is 0 Å². The predicted molar refractivity (Wildman–Crippen MR) is 111 cm³/mol. The van der Waals surface area contributed by atoms with Gasteiger partial charge in [-0.1, -0.05) is 43.7 Å². The number of benzene rings is 3. The third kappa shape index (κ3) is 3.92. The molecule has 3 aromatic rings. The van der Waals surface area contributed by atoms with Gasteiger partial charge >= 0.3 is 0 Å². The quantitative estimate of drug-likeness (QED) is 0.409. The number of carbonyl (C=O) groups is 2. The molecule has 0 aliphatic heterocycles. The van der Waals surface area contributed by atoms with Gasteiger partial charge in [-0.15, -0.1) is 0 Å². The van der Waals surface area contributed by atoms with Crippen LogP contribution >= 0.6 is 0 Å². The number of hydrogen-bond acceptors (Lipinski definition) is 4. The molecule has 3 aromatic carbocycles. The molecule has 0 bridgehead atoms. The average Bonchev–Trinajstić information content (AvgIpc) is 2.77. The van der Waals surface area contributed by atoms with E-state index in [0.717, 1.165) is 29.9 Å². The molecule has 146 valence electrons. The second-order valence-corrected chi connectivity index (χ2v) is 7.05. The van der Waals surface area contributed by atoms with Gasteiger partial charge in [0.25, 0.3) is 0 Å². The van der Waals surface area contributed by atoms with E-state index in [1.165, 1.54) is 0 Å². The molecular weight excluding hydrogens is 364 g/mol. The molecule has 0 fully saturated rings. The SMILES string of the molecule is CCCCOc1ccc(OCc2ccc3c(c2)C(=O)c2ccccc2C3=O)cc1. The van der Waals surface area contributed by atoms with Gasteiger partial charge in [-0.3, -0.25) is 9.59 Å². The van der Waals surface area contributed by atoms with Gasteiger partial charge in [-0.25, -0.2) is 0 Å². The van der Waals surface area contributed by atoms with Crippen molar-refractivity contribution in [2.75, 3.05) is 6.61 Å². The minimum atomic E-state index is -0.120. The second kappa shape index (κ2) is 8.31. The Hall–Kier alpha value is -3.40. The highest BCUT2D eigenvalue weighted by Gasteiger charge is 2.29. The van der Waals surface area contributed by atoms with E-state index in [9.17, 15) is 9.59 Å². The molecule has 0 heterocycles. The Bertz CT molecular complexity index is 1050. The first-order valence-electron chi connectivity index (χ1n) is 9.84. The van der Waals surface area contributed by atoms with Gasteiger partial charge in [0, 0.05) is 22.3 Å². The lowest BCUT2D eigenvalue weighted by Gasteiger charge is -2.18. The molecule has 4 nitrogen and oxygen atoms in total. The molecule has 1 aliphatic rings. The van der Waals surface area contributed by atoms with Gasteiger partial charge in [0.05, 0.1) is 6.61 Å². The summed E-state index contributed by atoms with van der Waals surface area (Å²) in [6.45, 7) is 3.15. The van der Waals surface area contributed by atoms with Crippen molar-refractivity contribution in [2.24, 2.45) is 0 Å². The third-order valence-corrected chi connectivity index (χ3v) is 4.99. The van der Waals surface area contributed by atoms with E-state index < -0.39 is 0 Å². The van der Waals surface area contributed by atoms with Crippen LogP contribution < -0.4 is 9.47 Å². The molecule has 0 N–H and O–H groups in total. The van der Waals surface area contributed by atoms with E-state index in [4.69, 9.17) is 9.47 Å². The topological polar surface area (TPSA) is 52.6 Å². The minimum Gasteiger partial charge on any atom is -0.494 e. The molecule has 0 amide bonds. The summed E-state index contributed by atoms with van der Waals surface area (Å²) in [7, 11) is 0. The van der Waals surface area contributed by atoms with Gasteiger partial charge in [-0.2, -0.15) is 0 Å². The van der Waals surface area contributed by atoms with Crippen LogP contribution in [0.5, 0.6) is 11.5 Å². The largest absolute Gasteiger partial charge is 0.494 e. The predicted octanol–water partition coefficient (Wildman–Crippen LogP) is 5.22. The normalized spacial score (nSPS) is 12.3. The monoisotopic (exact) mass is 386 g/mol. The molecule has 0 radical (unpaired) electrons. The summed E-state index contributed by atoms with van der Waals surface area (Å²) >= 11 is 0. The van der Waals surface area contributed by atoms with Crippen LogP contribution in [0.4, 0.5) is 0 Å². The first-order chi connectivity index (χ1) is 14.2. The van der Waals surface area contributed by atoms with Crippen LogP contribution in [-0.2, 0) is 6.61 Å². The maximum Gasteiger partial charge on any atom is 0.194 e. The van der Waals surface area contributed by atoms with Crippen molar-refractivity contribution in [1.29, 1.82) is 0 Å². The van der Waals surface area contributed by atoms with Crippen molar-refractivity contribution in [3.05, 3.63) is 94.5 Å². The highest BCUT2D eigenvalue weighted by Crippen LogP contribution is 2.28. The maximum atomic E-state index is 12.8. The fraction of sp³-hybridized carbons (Fsp3) is 0.200. The smallest absolute Gasteiger partial charge is 0.194 e. The number of ether oxygens (including phenoxy) is 2. The summed E-state index contributed by atoms with van der Waals surface area (Å²) in [5.74, 6) is 1.31. The molecule has 0 aromatic heterocycles. The van der Waals surface area contributed by atoms with Crippen LogP contribution in [0.15, 0.2) is 66.7 Å². The number of rotatable bonds is 7.